The first-order chi connectivity index (χ1) is 14.2. The van der Waals surface area contributed by atoms with E-state index in [2.05, 4.69) is 15.7 Å². The van der Waals surface area contributed by atoms with E-state index in [4.69, 9.17) is 33.3 Å². The molecule has 30 heavy (non-hydrogen) atoms. The standard InChI is InChI=1S/C19H22ClF3N4O2S/c1-28-12-6-7-13(14(10-12)29-2)25-18(30)24-8-3-9-27-16(11-4-5-11)15(20)17(26-27)19(21,22)23/h6-7,10-11H,3-5,8-9H2,1-2H3,(H2,24,25,30). The highest BCUT2D eigenvalue weighted by molar-refractivity contribution is 7.80. The molecule has 1 heterocycles. The van der Waals surface area contributed by atoms with Crippen LogP contribution in [0.15, 0.2) is 18.2 Å². The van der Waals surface area contributed by atoms with Gasteiger partial charge in [0.05, 0.1) is 30.6 Å². The maximum Gasteiger partial charge on any atom is 0.436 e. The number of aryl methyl sites for hydroxylation is 1. The molecule has 3 rings (SSSR count). The van der Waals surface area contributed by atoms with Crippen LogP contribution in [-0.2, 0) is 12.7 Å². The van der Waals surface area contributed by atoms with Gasteiger partial charge in [0.2, 0.25) is 0 Å². The van der Waals surface area contributed by atoms with Crippen molar-refractivity contribution in [1.29, 1.82) is 0 Å². The van der Waals surface area contributed by atoms with Gasteiger partial charge in [-0.3, -0.25) is 4.68 Å². The molecule has 2 N–H and O–H groups in total. The highest BCUT2D eigenvalue weighted by Crippen LogP contribution is 2.46. The average molecular weight is 463 g/mol. The molecule has 1 saturated carbocycles. The Morgan fingerprint density at radius 2 is 2.03 bits per heavy atom. The highest BCUT2D eigenvalue weighted by Gasteiger charge is 2.41. The van der Waals surface area contributed by atoms with Crippen LogP contribution in [0.25, 0.3) is 0 Å². The lowest BCUT2D eigenvalue weighted by Crippen LogP contribution is -2.30. The molecule has 0 amide bonds. The average Bonchev–Trinajstić information content (AvgIpc) is 3.47. The van der Waals surface area contributed by atoms with Crippen molar-refractivity contribution in [1.82, 2.24) is 15.1 Å². The summed E-state index contributed by atoms with van der Waals surface area (Å²) >= 11 is 11.3. The van der Waals surface area contributed by atoms with Gasteiger partial charge in [-0.25, -0.2) is 0 Å². The Labute approximate surface area is 182 Å². The van der Waals surface area contributed by atoms with Crippen LogP contribution >= 0.6 is 23.8 Å². The fourth-order valence-electron chi connectivity index (χ4n) is 3.05. The second-order valence-corrected chi connectivity index (χ2v) is 7.63. The zero-order chi connectivity index (χ0) is 21.9. The third kappa shape index (κ3) is 5.28. The Balaban J connectivity index is 1.55. The van der Waals surface area contributed by atoms with Crippen LogP contribution < -0.4 is 20.1 Å². The van der Waals surface area contributed by atoms with Gasteiger partial charge in [0.15, 0.2) is 10.8 Å². The Hall–Kier alpha value is -2.20. The summed E-state index contributed by atoms with van der Waals surface area (Å²) in [6.45, 7) is 0.760. The summed E-state index contributed by atoms with van der Waals surface area (Å²) in [5.41, 5.74) is 0.135. The largest absolute Gasteiger partial charge is 0.497 e. The molecule has 0 atom stereocenters. The lowest BCUT2D eigenvalue weighted by atomic mass is 10.2. The minimum Gasteiger partial charge on any atom is -0.497 e. The summed E-state index contributed by atoms with van der Waals surface area (Å²) in [4.78, 5) is 0. The molecule has 0 unspecified atom stereocenters. The summed E-state index contributed by atoms with van der Waals surface area (Å²) in [5, 5.41) is 9.88. The molecule has 0 radical (unpaired) electrons. The Morgan fingerprint density at radius 3 is 2.63 bits per heavy atom. The molecule has 2 aromatic rings. The predicted molar refractivity (Wildman–Crippen MR) is 113 cm³/mol. The third-order valence-corrected chi connectivity index (χ3v) is 5.27. The minimum absolute atomic E-state index is 0.0549. The summed E-state index contributed by atoms with van der Waals surface area (Å²) in [7, 11) is 3.10. The normalized spacial score (nSPS) is 13.8. The maximum absolute atomic E-state index is 13.1. The van der Waals surface area contributed by atoms with Crippen molar-refractivity contribution in [3.8, 4) is 11.5 Å². The SMILES string of the molecule is COc1ccc(NC(=S)NCCCn2nc(C(F)(F)F)c(Cl)c2C2CC2)c(OC)c1. The summed E-state index contributed by atoms with van der Waals surface area (Å²) < 4.78 is 51.2. The summed E-state index contributed by atoms with van der Waals surface area (Å²) in [6.07, 6.45) is -2.37. The van der Waals surface area contributed by atoms with E-state index in [1.54, 1.807) is 25.3 Å². The van der Waals surface area contributed by atoms with Crippen LogP contribution in [0.4, 0.5) is 18.9 Å². The quantitative estimate of drug-likeness (QED) is 0.433. The van der Waals surface area contributed by atoms with E-state index in [0.29, 0.717) is 47.5 Å². The van der Waals surface area contributed by atoms with Crippen molar-refractivity contribution in [2.75, 3.05) is 26.1 Å². The van der Waals surface area contributed by atoms with Gasteiger partial charge in [0.1, 0.15) is 11.5 Å². The van der Waals surface area contributed by atoms with E-state index in [-0.39, 0.29) is 10.9 Å². The molecule has 164 valence electrons. The highest BCUT2D eigenvalue weighted by atomic mass is 35.5. The van der Waals surface area contributed by atoms with E-state index in [1.165, 1.54) is 11.8 Å². The Morgan fingerprint density at radius 1 is 1.30 bits per heavy atom. The number of aromatic nitrogens is 2. The molecule has 0 aliphatic heterocycles. The van der Waals surface area contributed by atoms with Gasteiger partial charge >= 0.3 is 6.18 Å². The second-order valence-electron chi connectivity index (χ2n) is 6.84. The smallest absolute Gasteiger partial charge is 0.436 e. The second kappa shape index (κ2) is 9.30. The van der Waals surface area contributed by atoms with Crippen molar-refractivity contribution in [3.63, 3.8) is 0 Å². The lowest BCUT2D eigenvalue weighted by Gasteiger charge is -2.14. The lowest BCUT2D eigenvalue weighted by molar-refractivity contribution is -0.141. The molecule has 1 aromatic heterocycles. The van der Waals surface area contributed by atoms with E-state index in [1.807, 2.05) is 0 Å². The zero-order valence-corrected chi connectivity index (χ0v) is 18.0. The zero-order valence-electron chi connectivity index (χ0n) is 16.5. The predicted octanol–water partition coefficient (Wildman–Crippen LogP) is 4.83. The molecular formula is C19H22ClF3N4O2S. The van der Waals surface area contributed by atoms with E-state index >= 15 is 0 Å². The van der Waals surface area contributed by atoms with Crippen LogP contribution in [0.3, 0.4) is 0 Å². The van der Waals surface area contributed by atoms with Gasteiger partial charge in [-0.1, -0.05) is 11.6 Å². The molecule has 0 saturated heterocycles. The molecule has 0 bridgehead atoms. The van der Waals surface area contributed by atoms with Crippen molar-refractivity contribution in [2.45, 2.75) is 37.9 Å². The number of thiocarbonyl (C=S) groups is 1. The van der Waals surface area contributed by atoms with E-state index < -0.39 is 11.9 Å². The number of hydrogen-bond donors (Lipinski definition) is 2. The molecule has 0 spiro atoms. The molecule has 1 aliphatic carbocycles. The molecule has 11 heteroatoms. The number of alkyl halides is 3. The first-order valence-corrected chi connectivity index (χ1v) is 10.1. The molecule has 1 aromatic carbocycles. The minimum atomic E-state index is -4.56. The van der Waals surface area contributed by atoms with Crippen LogP contribution in [-0.4, -0.2) is 35.7 Å². The molecule has 6 nitrogen and oxygen atoms in total. The van der Waals surface area contributed by atoms with Gasteiger partial charge in [-0.2, -0.15) is 18.3 Å². The van der Waals surface area contributed by atoms with Gasteiger partial charge in [0.25, 0.3) is 0 Å². The maximum atomic E-state index is 13.1. The Kier molecular flexibility index (Phi) is 6.97. The topological polar surface area (TPSA) is 60.3 Å². The summed E-state index contributed by atoms with van der Waals surface area (Å²) in [6, 6.07) is 5.27. The number of nitrogens with zero attached hydrogens (tertiary/aromatic N) is 2. The molecule has 1 fully saturated rings. The van der Waals surface area contributed by atoms with Gasteiger partial charge < -0.3 is 20.1 Å². The number of anilines is 1. The van der Waals surface area contributed by atoms with Crippen molar-refractivity contribution < 1.29 is 22.6 Å². The number of nitrogens with one attached hydrogen (secondary N) is 2. The van der Waals surface area contributed by atoms with Gasteiger partial charge in [0, 0.05) is 25.1 Å². The molecular weight excluding hydrogens is 441 g/mol. The fourth-order valence-corrected chi connectivity index (χ4v) is 3.66. The first-order valence-electron chi connectivity index (χ1n) is 9.34. The Bertz CT molecular complexity index is 916. The van der Waals surface area contributed by atoms with Crippen LogP contribution in [0.1, 0.15) is 36.6 Å². The van der Waals surface area contributed by atoms with E-state index in [9.17, 15) is 13.2 Å². The number of halogens is 4. The van der Waals surface area contributed by atoms with Crippen molar-refractivity contribution in [2.24, 2.45) is 0 Å². The number of hydrogen-bond acceptors (Lipinski definition) is 4. The fraction of sp³-hybridized carbons (Fsp3) is 0.474. The van der Waals surface area contributed by atoms with Crippen molar-refractivity contribution >= 4 is 34.6 Å². The number of benzene rings is 1. The summed E-state index contributed by atoms with van der Waals surface area (Å²) in [5.74, 6) is 1.27. The van der Waals surface area contributed by atoms with Gasteiger partial charge in [-0.15, -0.1) is 0 Å². The first kappa shape index (κ1) is 22.5. The van der Waals surface area contributed by atoms with Crippen LogP contribution in [0, 0.1) is 0 Å². The monoisotopic (exact) mass is 462 g/mol. The van der Waals surface area contributed by atoms with Crippen molar-refractivity contribution in [3.05, 3.63) is 34.6 Å². The van der Waals surface area contributed by atoms with E-state index in [0.717, 1.165) is 12.8 Å². The van der Waals surface area contributed by atoms with Crippen LogP contribution in [0.2, 0.25) is 5.02 Å². The molecule has 1 aliphatic rings. The number of rotatable bonds is 8. The van der Waals surface area contributed by atoms with Gasteiger partial charge in [-0.05, 0) is 43.6 Å². The third-order valence-electron chi connectivity index (χ3n) is 4.65. The van der Waals surface area contributed by atoms with Crippen LogP contribution in [0.5, 0.6) is 11.5 Å². The number of methoxy groups -OCH3 is 2. The number of ether oxygens (including phenoxy) is 2.